The zero-order valence-electron chi connectivity index (χ0n) is 15.9. The van der Waals surface area contributed by atoms with Gasteiger partial charge in [0, 0.05) is 24.4 Å². The van der Waals surface area contributed by atoms with E-state index < -0.39 is 0 Å². The number of urea groups is 1. The number of ether oxygens (including phenoxy) is 1. The highest BCUT2D eigenvalue weighted by Crippen LogP contribution is 2.22. The van der Waals surface area contributed by atoms with Crippen molar-refractivity contribution in [3.05, 3.63) is 48.5 Å². The molecule has 1 unspecified atom stereocenters. The van der Waals surface area contributed by atoms with Crippen molar-refractivity contribution < 1.29 is 9.53 Å². The van der Waals surface area contributed by atoms with Gasteiger partial charge in [-0.1, -0.05) is 12.1 Å². The first-order chi connectivity index (χ1) is 13.8. The van der Waals surface area contributed by atoms with Gasteiger partial charge in [0.2, 0.25) is 0 Å². The topological polar surface area (TPSA) is 79.0 Å². The van der Waals surface area contributed by atoms with Gasteiger partial charge < -0.3 is 20.4 Å². The van der Waals surface area contributed by atoms with E-state index >= 15 is 0 Å². The Bertz CT molecular complexity index is 881. The van der Waals surface area contributed by atoms with Crippen molar-refractivity contribution in [2.75, 3.05) is 18.5 Å². The van der Waals surface area contributed by atoms with E-state index in [0.29, 0.717) is 12.6 Å². The minimum absolute atomic E-state index is 0.173. The van der Waals surface area contributed by atoms with Gasteiger partial charge in [-0.15, -0.1) is 0 Å². The number of carbonyl (C=O) groups excluding carboxylic acids is 1. The summed E-state index contributed by atoms with van der Waals surface area (Å²) in [5.74, 6) is 0.823. The molecule has 6 heteroatoms. The first kappa shape index (κ1) is 18.5. The Morgan fingerprint density at radius 3 is 2.79 bits per heavy atom. The van der Waals surface area contributed by atoms with Crippen LogP contribution in [0.25, 0.3) is 22.4 Å². The van der Waals surface area contributed by atoms with Crippen LogP contribution in [0.15, 0.2) is 48.5 Å². The molecule has 4 rings (SSSR count). The van der Waals surface area contributed by atoms with E-state index in [-0.39, 0.29) is 6.03 Å². The van der Waals surface area contributed by atoms with Crippen LogP contribution in [-0.2, 0) is 4.74 Å². The third kappa shape index (κ3) is 4.70. The van der Waals surface area contributed by atoms with Gasteiger partial charge in [0.25, 0.3) is 0 Å². The summed E-state index contributed by atoms with van der Waals surface area (Å²) >= 11 is 0. The minimum atomic E-state index is -0.173. The summed E-state index contributed by atoms with van der Waals surface area (Å²) in [6.45, 7) is 1.58. The number of H-pyrrole nitrogens is 1. The summed E-state index contributed by atoms with van der Waals surface area (Å²) < 4.78 is 5.61. The zero-order valence-corrected chi connectivity index (χ0v) is 15.9. The number of nitrogens with zero attached hydrogens (tertiary/aromatic N) is 1. The molecule has 1 aromatic heterocycles. The molecule has 1 aliphatic rings. The number of carbonyl (C=O) groups is 1. The number of aromatic nitrogens is 2. The van der Waals surface area contributed by atoms with E-state index in [1.54, 1.807) is 0 Å². The van der Waals surface area contributed by atoms with Crippen LogP contribution in [0.4, 0.5) is 10.5 Å². The summed E-state index contributed by atoms with van der Waals surface area (Å²) in [6, 6.07) is 15.5. The third-order valence-electron chi connectivity index (χ3n) is 5.07. The fourth-order valence-electron chi connectivity index (χ4n) is 3.55. The largest absolute Gasteiger partial charge is 0.378 e. The molecule has 2 amide bonds. The standard InChI is InChI=1S/C22H26N4O2/c27-22(23-14-4-3-6-18-7-5-15-28-18)24-17-12-10-16(11-13-17)21-25-19-8-1-2-9-20(19)26-21/h1-2,8-13,18H,3-7,14-15H2,(H,25,26)(H2,23,24,27). The highest BCUT2D eigenvalue weighted by Gasteiger charge is 2.14. The molecule has 0 spiro atoms. The van der Waals surface area contributed by atoms with Crippen molar-refractivity contribution in [1.82, 2.24) is 15.3 Å². The van der Waals surface area contributed by atoms with Gasteiger partial charge in [0.15, 0.2) is 0 Å². The van der Waals surface area contributed by atoms with Crippen LogP contribution in [0, 0.1) is 0 Å². The van der Waals surface area contributed by atoms with Crippen molar-refractivity contribution in [2.24, 2.45) is 0 Å². The predicted octanol–water partition coefficient (Wildman–Crippen LogP) is 4.70. The quantitative estimate of drug-likeness (QED) is 0.521. The van der Waals surface area contributed by atoms with Crippen molar-refractivity contribution in [1.29, 1.82) is 0 Å². The van der Waals surface area contributed by atoms with Gasteiger partial charge in [-0.3, -0.25) is 0 Å². The lowest BCUT2D eigenvalue weighted by Crippen LogP contribution is -2.29. The predicted molar refractivity (Wildman–Crippen MR) is 111 cm³/mol. The molecule has 2 heterocycles. The van der Waals surface area contributed by atoms with Crippen LogP contribution in [0.3, 0.4) is 0 Å². The molecule has 1 atom stereocenters. The maximum atomic E-state index is 12.0. The highest BCUT2D eigenvalue weighted by atomic mass is 16.5. The molecular weight excluding hydrogens is 352 g/mol. The Kier molecular flexibility index (Phi) is 5.87. The van der Waals surface area contributed by atoms with Gasteiger partial charge >= 0.3 is 6.03 Å². The molecule has 3 aromatic rings. The van der Waals surface area contributed by atoms with Crippen LogP contribution < -0.4 is 10.6 Å². The molecule has 1 aliphatic heterocycles. The van der Waals surface area contributed by atoms with Crippen LogP contribution in [-0.4, -0.2) is 35.3 Å². The number of hydrogen-bond donors (Lipinski definition) is 3. The maximum absolute atomic E-state index is 12.0. The molecule has 0 bridgehead atoms. The van der Waals surface area contributed by atoms with E-state index in [1.807, 2.05) is 48.5 Å². The number of anilines is 1. The summed E-state index contributed by atoms with van der Waals surface area (Å²) in [5.41, 5.74) is 3.70. The number of rotatable bonds is 7. The SMILES string of the molecule is O=C(NCCCCC1CCCO1)Nc1ccc(-c2nc3ccccc3[nH]2)cc1. The molecule has 3 N–H and O–H groups in total. The Morgan fingerprint density at radius 2 is 2.00 bits per heavy atom. The molecule has 0 radical (unpaired) electrons. The average molecular weight is 378 g/mol. The Labute approximate surface area is 164 Å². The molecule has 1 saturated heterocycles. The van der Waals surface area contributed by atoms with Gasteiger partial charge in [-0.2, -0.15) is 0 Å². The monoisotopic (exact) mass is 378 g/mol. The molecular formula is C22H26N4O2. The van der Waals surface area contributed by atoms with Crippen molar-refractivity contribution in [3.63, 3.8) is 0 Å². The lowest BCUT2D eigenvalue weighted by Gasteiger charge is -2.10. The van der Waals surface area contributed by atoms with Gasteiger partial charge in [-0.05, 0) is 68.5 Å². The number of benzene rings is 2. The lowest BCUT2D eigenvalue weighted by molar-refractivity contribution is 0.102. The lowest BCUT2D eigenvalue weighted by atomic mass is 10.1. The fraction of sp³-hybridized carbons (Fsp3) is 0.364. The maximum Gasteiger partial charge on any atom is 0.319 e. The molecule has 28 heavy (non-hydrogen) atoms. The Morgan fingerprint density at radius 1 is 1.14 bits per heavy atom. The number of para-hydroxylation sites is 2. The molecule has 2 aromatic carbocycles. The van der Waals surface area contributed by atoms with Crippen molar-refractivity contribution >= 4 is 22.8 Å². The van der Waals surface area contributed by atoms with Gasteiger partial charge in [0.1, 0.15) is 5.82 Å². The fourth-order valence-corrected chi connectivity index (χ4v) is 3.55. The number of aromatic amines is 1. The second-order valence-electron chi connectivity index (χ2n) is 7.19. The number of nitrogens with one attached hydrogen (secondary N) is 3. The van der Waals surface area contributed by atoms with Crippen LogP contribution >= 0.6 is 0 Å². The highest BCUT2D eigenvalue weighted by molar-refractivity contribution is 5.89. The summed E-state index contributed by atoms with van der Waals surface area (Å²) in [7, 11) is 0. The minimum Gasteiger partial charge on any atom is -0.378 e. The molecule has 1 fully saturated rings. The smallest absolute Gasteiger partial charge is 0.319 e. The van der Waals surface area contributed by atoms with E-state index in [2.05, 4.69) is 20.6 Å². The number of imidazole rings is 1. The molecule has 0 aliphatic carbocycles. The second-order valence-corrected chi connectivity index (χ2v) is 7.19. The number of unbranched alkanes of at least 4 members (excludes halogenated alkanes) is 1. The van der Waals surface area contributed by atoms with Gasteiger partial charge in [-0.25, -0.2) is 9.78 Å². The van der Waals surface area contributed by atoms with E-state index in [0.717, 1.165) is 54.0 Å². The number of hydrogen-bond acceptors (Lipinski definition) is 3. The van der Waals surface area contributed by atoms with Crippen molar-refractivity contribution in [2.45, 2.75) is 38.2 Å². The normalized spacial score (nSPS) is 16.4. The Hall–Kier alpha value is -2.86. The first-order valence-corrected chi connectivity index (χ1v) is 9.99. The Balaban J connectivity index is 1.23. The summed E-state index contributed by atoms with van der Waals surface area (Å²) in [5, 5.41) is 5.79. The van der Waals surface area contributed by atoms with Crippen molar-refractivity contribution in [3.8, 4) is 11.4 Å². The number of amides is 2. The molecule has 6 nitrogen and oxygen atoms in total. The average Bonchev–Trinajstić information content (AvgIpc) is 3.38. The van der Waals surface area contributed by atoms with Crippen LogP contribution in [0.2, 0.25) is 0 Å². The zero-order chi connectivity index (χ0) is 19.2. The summed E-state index contributed by atoms with van der Waals surface area (Å²) in [6.07, 6.45) is 5.93. The second kappa shape index (κ2) is 8.89. The van der Waals surface area contributed by atoms with E-state index in [9.17, 15) is 4.79 Å². The first-order valence-electron chi connectivity index (χ1n) is 9.99. The van der Waals surface area contributed by atoms with Crippen LogP contribution in [0.5, 0.6) is 0 Å². The summed E-state index contributed by atoms with van der Waals surface area (Å²) in [4.78, 5) is 19.9. The third-order valence-corrected chi connectivity index (χ3v) is 5.07. The van der Waals surface area contributed by atoms with Crippen LogP contribution in [0.1, 0.15) is 32.1 Å². The molecule has 0 saturated carbocycles. The van der Waals surface area contributed by atoms with Gasteiger partial charge in [0.05, 0.1) is 17.1 Å². The number of fused-ring (bicyclic) bond motifs is 1. The molecule has 146 valence electrons. The van der Waals surface area contributed by atoms with E-state index in [4.69, 9.17) is 4.74 Å². The van der Waals surface area contributed by atoms with E-state index in [1.165, 1.54) is 12.8 Å².